The lowest BCUT2D eigenvalue weighted by molar-refractivity contribution is -0.144. The fraction of sp³-hybridized carbons (Fsp3) is 0.500. The van der Waals surface area contributed by atoms with Crippen molar-refractivity contribution in [3.63, 3.8) is 0 Å². The number of H-pyrrole nitrogens is 1. The van der Waals surface area contributed by atoms with Crippen molar-refractivity contribution >= 4 is 59.0 Å². The van der Waals surface area contributed by atoms with E-state index >= 15 is 0 Å². The molecule has 3 rings (SSSR count). The Morgan fingerprint density at radius 1 is 1.25 bits per heavy atom. The number of rotatable bonds is 12. The molecule has 12 heteroatoms. The fourth-order valence-electron chi connectivity index (χ4n) is 4.33. The molecule has 1 aliphatic rings. The molecular weight excluding hydrogens is 502 g/mol. The highest BCUT2D eigenvalue weighted by Gasteiger charge is 2.39. The summed E-state index contributed by atoms with van der Waals surface area (Å²) in [7, 11) is 0. The van der Waals surface area contributed by atoms with Crippen LogP contribution in [0.3, 0.4) is 0 Å². The van der Waals surface area contributed by atoms with E-state index in [2.05, 4.69) is 28.2 Å². The van der Waals surface area contributed by atoms with Crippen LogP contribution in [0.5, 0.6) is 0 Å². The summed E-state index contributed by atoms with van der Waals surface area (Å²) < 4.78 is 0. The summed E-state index contributed by atoms with van der Waals surface area (Å²) in [6.07, 6.45) is 5.40. The summed E-state index contributed by atoms with van der Waals surface area (Å²) in [4.78, 5) is 55.4. The highest BCUT2D eigenvalue weighted by molar-refractivity contribution is 7.98. The highest BCUT2D eigenvalue weighted by atomic mass is 32.2. The largest absolute Gasteiger partial charge is 0.480 e. The third-order valence-corrected chi connectivity index (χ3v) is 7.33. The number of amides is 3. The minimum atomic E-state index is -1.20. The van der Waals surface area contributed by atoms with Gasteiger partial charge in [-0.25, -0.2) is 4.79 Å². The number of carboxylic acid groups (broad SMARTS) is 1. The number of nitrogens with zero attached hydrogens (tertiary/aromatic N) is 1. The number of nitrogens with two attached hydrogens (primary N) is 1. The first-order valence-corrected chi connectivity index (χ1v) is 13.8. The van der Waals surface area contributed by atoms with Crippen molar-refractivity contribution in [3.8, 4) is 0 Å². The average Bonchev–Trinajstić information content (AvgIpc) is 3.52. The molecule has 1 aliphatic heterocycles. The van der Waals surface area contributed by atoms with Gasteiger partial charge in [-0.2, -0.15) is 24.4 Å². The summed E-state index contributed by atoms with van der Waals surface area (Å²) in [6, 6.07) is 3.97. The fourth-order valence-corrected chi connectivity index (χ4v) is 5.07. The minimum Gasteiger partial charge on any atom is -0.480 e. The predicted molar refractivity (Wildman–Crippen MR) is 143 cm³/mol. The van der Waals surface area contributed by atoms with Crippen LogP contribution in [0.4, 0.5) is 0 Å². The zero-order valence-electron chi connectivity index (χ0n) is 20.1. The SMILES string of the molecule is CSCCC(N)C(=O)NC(Cc1c[nH]c2ccccc12)C(=O)N1CCCC1C(=O)NC(CS)C(=O)O. The van der Waals surface area contributed by atoms with Crippen LogP contribution >= 0.6 is 24.4 Å². The first kappa shape index (κ1) is 27.9. The molecule has 36 heavy (non-hydrogen) atoms. The van der Waals surface area contributed by atoms with E-state index in [-0.39, 0.29) is 12.2 Å². The van der Waals surface area contributed by atoms with Crippen LogP contribution < -0.4 is 16.4 Å². The standard InChI is InChI=1S/C24H33N5O5S2/c1-36-10-8-16(25)21(30)27-18(11-14-12-26-17-6-3-2-5-15(14)17)23(32)29-9-4-7-20(29)22(31)28-19(13-35)24(33)34/h2-3,5-6,12,16,18-20,26,35H,4,7-11,13,25H2,1H3,(H,27,30)(H,28,31)(H,33,34). The van der Waals surface area contributed by atoms with Crippen molar-refractivity contribution in [1.82, 2.24) is 20.5 Å². The third kappa shape index (κ3) is 6.74. The predicted octanol–water partition coefficient (Wildman–Crippen LogP) is 0.766. The molecule has 0 spiro atoms. The first-order valence-electron chi connectivity index (χ1n) is 11.8. The molecule has 196 valence electrons. The van der Waals surface area contributed by atoms with Gasteiger partial charge in [0.05, 0.1) is 6.04 Å². The van der Waals surface area contributed by atoms with Gasteiger partial charge >= 0.3 is 5.97 Å². The Hall–Kier alpha value is -2.70. The van der Waals surface area contributed by atoms with Gasteiger partial charge in [0, 0.05) is 35.8 Å². The second kappa shape index (κ2) is 13.0. The number of aromatic amines is 1. The topological polar surface area (TPSA) is 158 Å². The Morgan fingerprint density at radius 2 is 2.00 bits per heavy atom. The van der Waals surface area contributed by atoms with E-state index in [0.717, 1.165) is 16.5 Å². The number of benzene rings is 1. The summed E-state index contributed by atoms with van der Waals surface area (Å²) >= 11 is 5.57. The van der Waals surface area contributed by atoms with Crippen molar-refractivity contribution in [2.24, 2.45) is 5.73 Å². The van der Waals surface area contributed by atoms with Crippen molar-refractivity contribution < 1.29 is 24.3 Å². The molecule has 4 unspecified atom stereocenters. The summed E-state index contributed by atoms with van der Waals surface area (Å²) in [5, 5.41) is 15.5. The summed E-state index contributed by atoms with van der Waals surface area (Å²) in [6.45, 7) is 0.328. The molecule has 1 fully saturated rings. The Morgan fingerprint density at radius 3 is 2.69 bits per heavy atom. The Kier molecular flexibility index (Phi) is 10.1. The van der Waals surface area contributed by atoms with Gasteiger partial charge in [0.25, 0.3) is 0 Å². The van der Waals surface area contributed by atoms with Crippen LogP contribution in [0.15, 0.2) is 30.5 Å². The van der Waals surface area contributed by atoms with E-state index in [4.69, 9.17) is 5.73 Å². The molecule has 0 bridgehead atoms. The smallest absolute Gasteiger partial charge is 0.327 e. The Bertz CT molecular complexity index is 1090. The molecule has 2 heterocycles. The van der Waals surface area contributed by atoms with Crippen LogP contribution in [0.2, 0.25) is 0 Å². The number of nitrogens with one attached hydrogen (secondary N) is 3. The number of hydrogen-bond donors (Lipinski definition) is 6. The van der Waals surface area contributed by atoms with Crippen LogP contribution in [-0.2, 0) is 25.6 Å². The van der Waals surface area contributed by atoms with Gasteiger partial charge in [-0.15, -0.1) is 0 Å². The average molecular weight is 536 g/mol. The first-order chi connectivity index (χ1) is 17.3. The number of carboxylic acids is 1. The number of carbonyl (C=O) groups excluding carboxylic acids is 3. The van der Waals surface area contributed by atoms with Gasteiger partial charge in [-0.3, -0.25) is 14.4 Å². The zero-order valence-corrected chi connectivity index (χ0v) is 21.8. The van der Waals surface area contributed by atoms with E-state index in [0.29, 0.717) is 31.6 Å². The lowest BCUT2D eigenvalue weighted by Crippen LogP contribution is -2.57. The number of fused-ring (bicyclic) bond motifs is 1. The molecular formula is C24H33N5O5S2. The van der Waals surface area contributed by atoms with E-state index < -0.39 is 47.9 Å². The number of para-hydroxylation sites is 1. The molecule has 2 aromatic rings. The van der Waals surface area contributed by atoms with Crippen LogP contribution in [0.25, 0.3) is 10.9 Å². The van der Waals surface area contributed by atoms with Crippen molar-refractivity contribution in [3.05, 3.63) is 36.0 Å². The quantitative estimate of drug-likeness (QED) is 0.219. The lowest BCUT2D eigenvalue weighted by atomic mass is 10.0. The lowest BCUT2D eigenvalue weighted by Gasteiger charge is -2.30. The molecule has 3 amide bonds. The maximum Gasteiger partial charge on any atom is 0.327 e. The highest BCUT2D eigenvalue weighted by Crippen LogP contribution is 2.23. The molecule has 1 aromatic heterocycles. The molecule has 4 atom stereocenters. The number of aliphatic carboxylic acids is 1. The molecule has 10 nitrogen and oxygen atoms in total. The zero-order chi connectivity index (χ0) is 26.2. The number of hydrogen-bond acceptors (Lipinski definition) is 7. The van der Waals surface area contributed by atoms with Crippen LogP contribution in [0.1, 0.15) is 24.8 Å². The number of carbonyl (C=O) groups is 4. The van der Waals surface area contributed by atoms with Crippen LogP contribution in [0, 0.1) is 0 Å². The molecule has 1 saturated heterocycles. The molecule has 0 saturated carbocycles. The van der Waals surface area contributed by atoms with E-state index in [9.17, 15) is 24.3 Å². The number of aromatic nitrogens is 1. The summed E-state index contributed by atoms with van der Waals surface area (Å²) in [5.41, 5.74) is 7.82. The maximum atomic E-state index is 13.7. The molecule has 1 aromatic carbocycles. The molecule has 0 aliphatic carbocycles. The Labute approximate surface area is 219 Å². The minimum absolute atomic E-state index is 0.0745. The normalized spacial score (nSPS) is 18.0. The van der Waals surface area contributed by atoms with Gasteiger partial charge in [-0.1, -0.05) is 18.2 Å². The van der Waals surface area contributed by atoms with E-state index in [1.807, 2.05) is 36.7 Å². The van der Waals surface area contributed by atoms with Gasteiger partial charge in [0.2, 0.25) is 17.7 Å². The van der Waals surface area contributed by atoms with Gasteiger partial charge in [-0.05, 0) is 42.9 Å². The summed E-state index contributed by atoms with van der Waals surface area (Å²) in [5.74, 6) is -1.94. The van der Waals surface area contributed by atoms with Crippen molar-refractivity contribution in [1.29, 1.82) is 0 Å². The maximum absolute atomic E-state index is 13.7. The van der Waals surface area contributed by atoms with Gasteiger partial charge in [0.15, 0.2) is 0 Å². The monoisotopic (exact) mass is 535 g/mol. The number of likely N-dealkylation sites (tertiary alicyclic amines) is 1. The second-order valence-electron chi connectivity index (χ2n) is 8.78. The van der Waals surface area contributed by atoms with Crippen molar-refractivity contribution in [2.75, 3.05) is 24.3 Å². The molecule has 0 radical (unpaired) electrons. The van der Waals surface area contributed by atoms with Crippen molar-refractivity contribution in [2.45, 2.75) is 49.9 Å². The Balaban J connectivity index is 1.82. The number of thiol groups is 1. The third-order valence-electron chi connectivity index (χ3n) is 6.32. The van der Waals surface area contributed by atoms with Gasteiger partial charge < -0.3 is 31.4 Å². The van der Waals surface area contributed by atoms with Gasteiger partial charge in [0.1, 0.15) is 18.1 Å². The molecule has 6 N–H and O–H groups in total. The van der Waals surface area contributed by atoms with E-state index in [1.165, 1.54) is 4.90 Å². The van der Waals surface area contributed by atoms with E-state index in [1.54, 1.807) is 11.8 Å². The van der Waals surface area contributed by atoms with Crippen LogP contribution in [-0.4, -0.2) is 87.2 Å². The number of thioether (sulfide) groups is 1. The second-order valence-corrected chi connectivity index (χ2v) is 10.1.